The van der Waals surface area contributed by atoms with Crippen LogP contribution in [0.15, 0.2) is 18.5 Å². The summed E-state index contributed by atoms with van der Waals surface area (Å²) in [7, 11) is 0. The van der Waals surface area contributed by atoms with Gasteiger partial charge >= 0.3 is 0 Å². The van der Waals surface area contributed by atoms with Gasteiger partial charge in [-0.1, -0.05) is 12.8 Å². The molecule has 5 nitrogen and oxygen atoms in total. The Hall–Kier alpha value is -1.49. The van der Waals surface area contributed by atoms with Gasteiger partial charge in [-0.25, -0.2) is 4.98 Å². The first-order valence-electron chi connectivity index (χ1n) is 5.70. The Kier molecular flexibility index (Phi) is 2.14. The van der Waals surface area contributed by atoms with Gasteiger partial charge in [-0.05, 0) is 18.9 Å². The molecule has 0 atom stereocenters. The zero-order valence-corrected chi connectivity index (χ0v) is 9.13. The molecule has 2 aromatic heterocycles. The van der Waals surface area contributed by atoms with Crippen LogP contribution in [-0.2, 0) is 6.42 Å². The largest absolute Gasteiger partial charge is 0.325 e. The molecule has 0 radical (unpaired) electrons. The first kappa shape index (κ1) is 9.72. The van der Waals surface area contributed by atoms with Crippen LogP contribution in [0.25, 0.3) is 5.78 Å². The highest BCUT2D eigenvalue weighted by molar-refractivity contribution is 5.26. The number of aromatic nitrogens is 4. The van der Waals surface area contributed by atoms with E-state index in [1.807, 2.05) is 16.7 Å². The molecule has 1 aliphatic carbocycles. The highest BCUT2D eigenvalue weighted by atomic mass is 15.3. The SMILES string of the molecule is NC1(Cc2nnc3ncccn23)CCCC1. The molecule has 0 amide bonds. The minimum atomic E-state index is -0.0845. The van der Waals surface area contributed by atoms with Gasteiger partial charge in [-0.15, -0.1) is 10.2 Å². The van der Waals surface area contributed by atoms with Crippen LogP contribution >= 0.6 is 0 Å². The molecule has 0 aromatic carbocycles. The molecule has 0 spiro atoms. The van der Waals surface area contributed by atoms with Gasteiger partial charge in [0.25, 0.3) is 5.78 Å². The Morgan fingerprint density at radius 2 is 2.12 bits per heavy atom. The van der Waals surface area contributed by atoms with Crippen molar-refractivity contribution in [1.29, 1.82) is 0 Å². The topological polar surface area (TPSA) is 69.1 Å². The van der Waals surface area contributed by atoms with Crippen LogP contribution in [0.1, 0.15) is 31.5 Å². The Labute approximate surface area is 93.7 Å². The van der Waals surface area contributed by atoms with E-state index in [1.54, 1.807) is 6.20 Å². The lowest BCUT2D eigenvalue weighted by atomic mass is 9.94. The maximum Gasteiger partial charge on any atom is 0.254 e. The van der Waals surface area contributed by atoms with Crippen molar-refractivity contribution in [2.45, 2.75) is 37.6 Å². The van der Waals surface area contributed by atoms with Crippen molar-refractivity contribution in [3.8, 4) is 0 Å². The lowest BCUT2D eigenvalue weighted by Gasteiger charge is -2.21. The molecule has 0 bridgehead atoms. The molecule has 1 fully saturated rings. The lowest BCUT2D eigenvalue weighted by Crippen LogP contribution is -2.39. The minimum Gasteiger partial charge on any atom is -0.325 e. The van der Waals surface area contributed by atoms with Gasteiger partial charge < -0.3 is 5.73 Å². The fourth-order valence-corrected chi connectivity index (χ4v) is 2.48. The van der Waals surface area contributed by atoms with Gasteiger partial charge in [0, 0.05) is 24.4 Å². The van der Waals surface area contributed by atoms with E-state index in [2.05, 4.69) is 15.2 Å². The number of nitrogens with zero attached hydrogens (tertiary/aromatic N) is 4. The molecule has 5 heteroatoms. The smallest absolute Gasteiger partial charge is 0.254 e. The van der Waals surface area contributed by atoms with Gasteiger partial charge in [0.2, 0.25) is 0 Å². The third-order valence-corrected chi connectivity index (χ3v) is 3.37. The molecule has 84 valence electrons. The van der Waals surface area contributed by atoms with Crippen LogP contribution in [0.5, 0.6) is 0 Å². The van der Waals surface area contributed by atoms with E-state index in [1.165, 1.54) is 12.8 Å². The molecular weight excluding hydrogens is 202 g/mol. The molecular formula is C11H15N5. The van der Waals surface area contributed by atoms with Gasteiger partial charge in [0.1, 0.15) is 5.82 Å². The van der Waals surface area contributed by atoms with Crippen LogP contribution < -0.4 is 5.73 Å². The van der Waals surface area contributed by atoms with Crippen LogP contribution in [0.4, 0.5) is 0 Å². The van der Waals surface area contributed by atoms with Crippen molar-refractivity contribution in [3.63, 3.8) is 0 Å². The van der Waals surface area contributed by atoms with Crippen molar-refractivity contribution in [2.24, 2.45) is 5.73 Å². The fraction of sp³-hybridized carbons (Fsp3) is 0.545. The summed E-state index contributed by atoms with van der Waals surface area (Å²) in [6.07, 6.45) is 9.08. The van der Waals surface area contributed by atoms with Crippen LogP contribution in [0.2, 0.25) is 0 Å². The van der Waals surface area contributed by atoms with E-state index in [4.69, 9.17) is 5.73 Å². The van der Waals surface area contributed by atoms with Gasteiger partial charge in [0.05, 0.1) is 0 Å². The molecule has 16 heavy (non-hydrogen) atoms. The molecule has 0 unspecified atom stereocenters. The second kappa shape index (κ2) is 3.52. The zero-order valence-electron chi connectivity index (χ0n) is 9.13. The molecule has 3 rings (SSSR count). The summed E-state index contributed by atoms with van der Waals surface area (Å²) in [5.41, 5.74) is 6.26. The monoisotopic (exact) mass is 217 g/mol. The summed E-state index contributed by atoms with van der Waals surface area (Å²) in [6.45, 7) is 0. The first-order valence-corrected chi connectivity index (χ1v) is 5.70. The highest BCUT2D eigenvalue weighted by Gasteiger charge is 2.31. The van der Waals surface area contributed by atoms with Gasteiger partial charge in [-0.2, -0.15) is 0 Å². The van der Waals surface area contributed by atoms with Gasteiger partial charge in [-0.3, -0.25) is 4.40 Å². The Bertz CT molecular complexity index is 498. The molecule has 0 saturated heterocycles. The molecule has 1 aliphatic rings. The highest BCUT2D eigenvalue weighted by Crippen LogP contribution is 2.29. The molecule has 1 saturated carbocycles. The minimum absolute atomic E-state index is 0.0845. The van der Waals surface area contributed by atoms with Crippen molar-refractivity contribution in [3.05, 3.63) is 24.3 Å². The molecule has 2 N–H and O–H groups in total. The van der Waals surface area contributed by atoms with E-state index in [0.29, 0.717) is 5.78 Å². The Balaban J connectivity index is 1.94. The number of rotatable bonds is 2. The normalized spacial score (nSPS) is 19.3. The maximum atomic E-state index is 6.34. The van der Waals surface area contributed by atoms with Crippen molar-refractivity contribution >= 4 is 5.78 Å². The second-order valence-electron chi connectivity index (χ2n) is 4.65. The van der Waals surface area contributed by atoms with Crippen LogP contribution in [-0.4, -0.2) is 25.1 Å². The first-order chi connectivity index (χ1) is 7.77. The zero-order chi connectivity index (χ0) is 11.0. The predicted molar refractivity (Wildman–Crippen MR) is 59.9 cm³/mol. The average Bonchev–Trinajstić information content (AvgIpc) is 2.87. The standard InChI is InChI=1S/C11H15N5/c12-11(4-1-2-5-11)8-9-14-15-10-13-6-3-7-16(9)10/h3,6-7H,1-2,4-5,8,12H2. The summed E-state index contributed by atoms with van der Waals surface area (Å²) >= 11 is 0. The lowest BCUT2D eigenvalue weighted by molar-refractivity contribution is 0.425. The number of hydrogen-bond acceptors (Lipinski definition) is 4. The van der Waals surface area contributed by atoms with Crippen LogP contribution in [0.3, 0.4) is 0 Å². The molecule has 0 aliphatic heterocycles. The summed E-state index contributed by atoms with van der Waals surface area (Å²) < 4.78 is 1.92. The van der Waals surface area contributed by atoms with Crippen molar-refractivity contribution < 1.29 is 0 Å². The summed E-state index contributed by atoms with van der Waals surface area (Å²) in [5, 5.41) is 8.21. The van der Waals surface area contributed by atoms with E-state index < -0.39 is 0 Å². The third kappa shape index (κ3) is 1.57. The predicted octanol–water partition coefficient (Wildman–Crippen LogP) is 0.938. The van der Waals surface area contributed by atoms with Crippen molar-refractivity contribution in [2.75, 3.05) is 0 Å². The van der Waals surface area contributed by atoms with E-state index in [0.717, 1.165) is 25.1 Å². The van der Waals surface area contributed by atoms with E-state index >= 15 is 0 Å². The summed E-state index contributed by atoms with van der Waals surface area (Å²) in [5.74, 6) is 1.58. The second-order valence-corrected chi connectivity index (χ2v) is 4.65. The van der Waals surface area contributed by atoms with Gasteiger partial charge in [0.15, 0.2) is 0 Å². The maximum absolute atomic E-state index is 6.34. The van der Waals surface area contributed by atoms with Crippen LogP contribution in [0, 0.1) is 0 Å². The molecule has 2 heterocycles. The summed E-state index contributed by atoms with van der Waals surface area (Å²) in [4.78, 5) is 4.15. The van der Waals surface area contributed by atoms with E-state index in [9.17, 15) is 0 Å². The molecule has 2 aromatic rings. The number of nitrogens with two attached hydrogens (primary N) is 1. The number of fused-ring (bicyclic) bond motifs is 1. The number of hydrogen-bond donors (Lipinski definition) is 1. The average molecular weight is 217 g/mol. The van der Waals surface area contributed by atoms with E-state index in [-0.39, 0.29) is 5.54 Å². The Morgan fingerprint density at radius 1 is 1.31 bits per heavy atom. The van der Waals surface area contributed by atoms with Crippen molar-refractivity contribution in [1.82, 2.24) is 19.6 Å². The quantitative estimate of drug-likeness (QED) is 0.812. The third-order valence-electron chi connectivity index (χ3n) is 3.37. The Morgan fingerprint density at radius 3 is 2.94 bits per heavy atom. The summed E-state index contributed by atoms with van der Waals surface area (Å²) in [6, 6.07) is 1.89. The fourth-order valence-electron chi connectivity index (χ4n) is 2.48.